The number of carbonyl (C=O) groups is 2. The third-order valence-corrected chi connectivity index (χ3v) is 4.26. The Morgan fingerprint density at radius 1 is 1.05 bits per heavy atom. The molecular formula is C13H21NO5. The highest BCUT2D eigenvalue weighted by atomic mass is 16.5. The molecule has 1 saturated heterocycles. The average Bonchev–Trinajstić information content (AvgIpc) is 3.04. The quantitative estimate of drug-likeness (QED) is 0.799. The van der Waals surface area contributed by atoms with Crippen LogP contribution >= 0.6 is 0 Å². The summed E-state index contributed by atoms with van der Waals surface area (Å²) >= 11 is 0. The molecule has 2 fully saturated rings. The van der Waals surface area contributed by atoms with Crippen LogP contribution in [0.4, 0.5) is 0 Å². The molecule has 0 spiro atoms. The minimum absolute atomic E-state index is 0.0466. The molecule has 1 N–H and O–H groups in total. The van der Waals surface area contributed by atoms with Crippen LogP contribution in [0.25, 0.3) is 0 Å². The zero-order chi connectivity index (χ0) is 14.0. The third kappa shape index (κ3) is 2.90. The standard InChI is InChI=1S/C13H21NO5/c1-18-10-6-14(7-11(10)19-2)12(15)8-3-4-9(5-8)13(16)17/h8-11H,3-7H2,1-2H3,(H,16,17)/t8-,9+,10?,11?/m1/s1. The molecule has 0 aromatic heterocycles. The van der Waals surface area contributed by atoms with Gasteiger partial charge in [-0.05, 0) is 19.3 Å². The summed E-state index contributed by atoms with van der Waals surface area (Å²) in [6.45, 7) is 1.06. The first-order valence-corrected chi connectivity index (χ1v) is 6.64. The van der Waals surface area contributed by atoms with Crippen LogP contribution in [0.1, 0.15) is 19.3 Å². The Kier molecular flexibility index (Phi) is 4.42. The summed E-state index contributed by atoms with van der Waals surface area (Å²) in [5.41, 5.74) is 0. The van der Waals surface area contributed by atoms with Crippen molar-refractivity contribution in [3.05, 3.63) is 0 Å². The van der Waals surface area contributed by atoms with Gasteiger partial charge in [0.15, 0.2) is 0 Å². The monoisotopic (exact) mass is 271 g/mol. The van der Waals surface area contributed by atoms with Crippen molar-refractivity contribution in [3.8, 4) is 0 Å². The number of methoxy groups -OCH3 is 2. The van der Waals surface area contributed by atoms with Gasteiger partial charge in [-0.2, -0.15) is 0 Å². The minimum atomic E-state index is -0.791. The fraction of sp³-hybridized carbons (Fsp3) is 0.846. The molecule has 2 aliphatic rings. The maximum Gasteiger partial charge on any atom is 0.306 e. The number of likely N-dealkylation sites (tertiary alicyclic amines) is 1. The smallest absolute Gasteiger partial charge is 0.306 e. The second-order valence-electron chi connectivity index (χ2n) is 5.34. The van der Waals surface area contributed by atoms with Gasteiger partial charge in [0, 0.05) is 33.2 Å². The number of carbonyl (C=O) groups excluding carboxylic acids is 1. The van der Waals surface area contributed by atoms with Crippen molar-refractivity contribution in [2.75, 3.05) is 27.3 Å². The van der Waals surface area contributed by atoms with Crippen molar-refractivity contribution >= 4 is 11.9 Å². The number of carboxylic acids is 1. The molecule has 2 unspecified atom stereocenters. The van der Waals surface area contributed by atoms with Crippen LogP contribution in [0.2, 0.25) is 0 Å². The lowest BCUT2D eigenvalue weighted by molar-refractivity contribution is -0.141. The number of ether oxygens (including phenoxy) is 2. The van der Waals surface area contributed by atoms with E-state index in [0.717, 1.165) is 0 Å². The summed E-state index contributed by atoms with van der Waals surface area (Å²) in [5.74, 6) is -1.27. The summed E-state index contributed by atoms with van der Waals surface area (Å²) in [7, 11) is 3.22. The molecule has 19 heavy (non-hydrogen) atoms. The lowest BCUT2D eigenvalue weighted by atomic mass is 10.0. The zero-order valence-electron chi connectivity index (χ0n) is 11.4. The molecule has 0 radical (unpaired) electrons. The molecule has 1 amide bonds. The maximum absolute atomic E-state index is 12.4. The lowest BCUT2D eigenvalue weighted by Crippen LogP contribution is -2.34. The SMILES string of the molecule is COC1CN(C(=O)[C@@H]2CC[C@H](C(=O)O)C2)CC1OC. The Hall–Kier alpha value is -1.14. The lowest BCUT2D eigenvalue weighted by Gasteiger charge is -2.20. The van der Waals surface area contributed by atoms with E-state index in [4.69, 9.17) is 14.6 Å². The molecular weight excluding hydrogens is 250 g/mol. The number of amides is 1. The zero-order valence-corrected chi connectivity index (χ0v) is 11.4. The number of hydrogen-bond acceptors (Lipinski definition) is 4. The van der Waals surface area contributed by atoms with Crippen LogP contribution in [-0.4, -0.2) is 61.4 Å². The Balaban J connectivity index is 1.93. The van der Waals surface area contributed by atoms with Crippen LogP contribution in [0.3, 0.4) is 0 Å². The second kappa shape index (κ2) is 5.88. The van der Waals surface area contributed by atoms with Crippen LogP contribution in [0.5, 0.6) is 0 Å². The largest absolute Gasteiger partial charge is 0.481 e. The first-order chi connectivity index (χ1) is 9.06. The van der Waals surface area contributed by atoms with E-state index < -0.39 is 5.97 Å². The van der Waals surface area contributed by atoms with Crippen molar-refractivity contribution in [1.29, 1.82) is 0 Å². The highest BCUT2D eigenvalue weighted by molar-refractivity contribution is 5.81. The molecule has 1 aliphatic carbocycles. The summed E-state index contributed by atoms with van der Waals surface area (Å²) in [5, 5.41) is 8.97. The van der Waals surface area contributed by atoms with Crippen LogP contribution in [0.15, 0.2) is 0 Å². The molecule has 6 heteroatoms. The van der Waals surface area contributed by atoms with E-state index in [-0.39, 0.29) is 30.0 Å². The first-order valence-electron chi connectivity index (χ1n) is 6.64. The highest BCUT2D eigenvalue weighted by Crippen LogP contribution is 2.33. The topological polar surface area (TPSA) is 76.1 Å². The van der Waals surface area contributed by atoms with E-state index in [1.807, 2.05) is 0 Å². The molecule has 2 rings (SSSR count). The summed E-state index contributed by atoms with van der Waals surface area (Å²) < 4.78 is 10.6. The normalized spacial score (nSPS) is 34.7. The van der Waals surface area contributed by atoms with Crippen molar-refractivity contribution in [1.82, 2.24) is 4.90 Å². The van der Waals surface area contributed by atoms with E-state index in [1.54, 1.807) is 19.1 Å². The summed E-state index contributed by atoms with van der Waals surface area (Å²) in [6.07, 6.45) is 1.54. The van der Waals surface area contributed by atoms with Gasteiger partial charge in [0.2, 0.25) is 5.91 Å². The Labute approximate surface area is 112 Å². The summed E-state index contributed by atoms with van der Waals surface area (Å²) in [6, 6.07) is 0. The number of carboxylic acid groups (broad SMARTS) is 1. The van der Waals surface area contributed by atoms with Crippen molar-refractivity contribution in [3.63, 3.8) is 0 Å². The minimum Gasteiger partial charge on any atom is -0.481 e. The van der Waals surface area contributed by atoms with Gasteiger partial charge in [-0.1, -0.05) is 0 Å². The number of aliphatic carboxylic acids is 1. The Morgan fingerprint density at radius 3 is 2.00 bits per heavy atom. The molecule has 6 nitrogen and oxygen atoms in total. The van der Waals surface area contributed by atoms with Gasteiger partial charge in [0.1, 0.15) is 12.2 Å². The molecule has 1 aliphatic heterocycles. The molecule has 0 bridgehead atoms. The van der Waals surface area contributed by atoms with Gasteiger partial charge >= 0.3 is 5.97 Å². The van der Waals surface area contributed by atoms with Crippen LogP contribution < -0.4 is 0 Å². The predicted molar refractivity (Wildman–Crippen MR) is 66.6 cm³/mol. The Morgan fingerprint density at radius 2 is 1.58 bits per heavy atom. The average molecular weight is 271 g/mol. The fourth-order valence-corrected chi connectivity index (χ4v) is 3.06. The van der Waals surface area contributed by atoms with Gasteiger partial charge in [-0.25, -0.2) is 0 Å². The number of rotatable bonds is 4. The van der Waals surface area contributed by atoms with Crippen molar-refractivity contribution < 1.29 is 24.2 Å². The van der Waals surface area contributed by atoms with E-state index in [1.165, 1.54) is 0 Å². The van der Waals surface area contributed by atoms with Gasteiger partial charge in [0.25, 0.3) is 0 Å². The first kappa shape index (κ1) is 14.3. The van der Waals surface area contributed by atoms with E-state index >= 15 is 0 Å². The van der Waals surface area contributed by atoms with E-state index in [0.29, 0.717) is 32.4 Å². The maximum atomic E-state index is 12.4. The van der Waals surface area contributed by atoms with Gasteiger partial charge in [0.05, 0.1) is 5.92 Å². The second-order valence-corrected chi connectivity index (χ2v) is 5.34. The van der Waals surface area contributed by atoms with E-state index in [9.17, 15) is 9.59 Å². The molecule has 1 heterocycles. The van der Waals surface area contributed by atoms with Gasteiger partial charge in [-0.3, -0.25) is 9.59 Å². The molecule has 1 saturated carbocycles. The van der Waals surface area contributed by atoms with Gasteiger partial charge in [-0.15, -0.1) is 0 Å². The van der Waals surface area contributed by atoms with Crippen LogP contribution in [0, 0.1) is 11.8 Å². The molecule has 0 aromatic rings. The molecule has 108 valence electrons. The predicted octanol–water partition coefficient (Wildman–Crippen LogP) is 0.360. The number of nitrogens with zero attached hydrogens (tertiary/aromatic N) is 1. The van der Waals surface area contributed by atoms with Crippen molar-refractivity contribution in [2.45, 2.75) is 31.5 Å². The fourth-order valence-electron chi connectivity index (χ4n) is 3.06. The molecule has 0 aromatic carbocycles. The summed E-state index contributed by atoms with van der Waals surface area (Å²) in [4.78, 5) is 25.0. The highest BCUT2D eigenvalue weighted by Gasteiger charge is 2.41. The van der Waals surface area contributed by atoms with Crippen molar-refractivity contribution in [2.24, 2.45) is 11.8 Å². The Bertz CT molecular complexity index is 347. The van der Waals surface area contributed by atoms with Gasteiger partial charge < -0.3 is 19.5 Å². The third-order valence-electron chi connectivity index (χ3n) is 4.26. The number of hydrogen-bond donors (Lipinski definition) is 1. The van der Waals surface area contributed by atoms with Crippen LogP contribution in [-0.2, 0) is 19.1 Å². The molecule has 4 atom stereocenters. The van der Waals surface area contributed by atoms with E-state index in [2.05, 4.69) is 0 Å².